The smallest absolute Gasteiger partial charge is 0.226 e. The van der Waals surface area contributed by atoms with E-state index >= 15 is 8.78 Å². The average Bonchev–Trinajstić information content (AvgIpc) is 1.82. The van der Waals surface area contributed by atoms with Crippen LogP contribution in [0.4, 0.5) is 14.5 Å². The molecule has 3 saturated carbocycles. The Labute approximate surface area is 497 Å². The monoisotopic (exact) mass is 1210 g/mol. The molecule has 3 fully saturated rings. The maximum absolute atomic E-state index is 17.7. The van der Waals surface area contributed by atoms with Crippen LogP contribution in [0.5, 0.6) is 11.5 Å². The van der Waals surface area contributed by atoms with Crippen molar-refractivity contribution in [2.75, 3.05) is 177 Å². The van der Waals surface area contributed by atoms with Crippen LogP contribution >= 0.6 is 0 Å². The number of nitrogens with two attached hydrogens (primary N) is 1. The molecular weight excluding hydrogens is 1120 g/mol. The molecule has 0 heterocycles. The summed E-state index contributed by atoms with van der Waals surface area (Å²) in [6.45, 7) is 13.7. The molecule has 2 aromatic rings. The van der Waals surface area contributed by atoms with Gasteiger partial charge < -0.3 is 92.7 Å². The Kier molecular flexibility index (Phi) is 30.8. The Morgan fingerprint density at radius 2 is 1.06 bits per heavy atom. The van der Waals surface area contributed by atoms with Gasteiger partial charge in [0, 0.05) is 29.1 Å². The van der Waals surface area contributed by atoms with E-state index in [4.69, 9.17) is 72.0 Å². The summed E-state index contributed by atoms with van der Waals surface area (Å²) < 4.78 is 111. The molecule has 10 atom stereocenters. The molecule has 478 valence electrons. The fourth-order valence-corrected chi connectivity index (χ4v) is 11.7. The third kappa shape index (κ3) is 21.2. The fraction of sp³-hybridized carbons (Fsp3) is 0.689. The molecule has 6 rings (SSSR count). The van der Waals surface area contributed by atoms with Crippen LogP contribution in [-0.4, -0.2) is 229 Å². The van der Waals surface area contributed by atoms with Crippen LogP contribution in [0.2, 0.25) is 0 Å². The van der Waals surface area contributed by atoms with Crippen molar-refractivity contribution < 1.29 is 105 Å². The summed E-state index contributed by atoms with van der Waals surface area (Å²) in [5.41, 5.74) is 1.16. The van der Waals surface area contributed by atoms with E-state index in [9.17, 15) is 29.7 Å². The Balaban J connectivity index is 0.720. The molecule has 0 radical (unpaired) electrons. The number of Topliss-reactive ketones (excluding diaryl/α,β-unsaturated/α-hetero) is 1. The largest absolute Gasteiger partial charge is 0.457 e. The highest BCUT2D eigenvalue weighted by Crippen LogP contribution is 2.69. The maximum atomic E-state index is 17.7. The molecular formula is C61H90F2N2O20. The number of amides is 1. The second-order valence-corrected chi connectivity index (χ2v) is 21.4. The topological polar surface area (TPSA) is 279 Å². The molecule has 0 spiro atoms. The lowest BCUT2D eigenvalue weighted by atomic mass is 9.45. The lowest BCUT2D eigenvalue weighted by molar-refractivity contribution is -0.203. The first-order valence-corrected chi connectivity index (χ1v) is 29.5. The van der Waals surface area contributed by atoms with Gasteiger partial charge >= 0.3 is 0 Å². The number of rotatable bonds is 46. The van der Waals surface area contributed by atoms with Crippen LogP contribution in [0.1, 0.15) is 51.4 Å². The zero-order chi connectivity index (χ0) is 60.8. The predicted molar refractivity (Wildman–Crippen MR) is 305 cm³/mol. The summed E-state index contributed by atoms with van der Waals surface area (Å²) in [6, 6.07) is 13.2. The van der Waals surface area contributed by atoms with E-state index in [0.717, 1.165) is 6.08 Å². The molecule has 4 aliphatic carbocycles. The van der Waals surface area contributed by atoms with Crippen molar-refractivity contribution in [3.05, 3.63) is 77.9 Å². The minimum atomic E-state index is -2.36. The number of benzene rings is 2. The number of hydrogen-bond donors (Lipinski definition) is 5. The first kappa shape index (κ1) is 69.8. The highest BCUT2D eigenvalue weighted by molar-refractivity contribution is 6.01. The number of ether oxygens (including phenoxy) is 14. The van der Waals surface area contributed by atoms with E-state index in [1.165, 1.54) is 19.1 Å². The number of carbonyl (C=O) groups is 3. The van der Waals surface area contributed by atoms with Crippen LogP contribution in [-0.2, 0) is 76.0 Å². The molecule has 4 aliphatic rings. The highest BCUT2D eigenvalue weighted by atomic mass is 19.1. The molecule has 0 bridgehead atoms. The van der Waals surface area contributed by atoms with Gasteiger partial charge in [-0.1, -0.05) is 25.1 Å². The minimum absolute atomic E-state index is 0.00934. The van der Waals surface area contributed by atoms with Gasteiger partial charge in [-0.3, -0.25) is 14.4 Å². The van der Waals surface area contributed by atoms with Crippen molar-refractivity contribution in [2.24, 2.45) is 34.3 Å². The van der Waals surface area contributed by atoms with E-state index in [2.05, 4.69) is 5.32 Å². The van der Waals surface area contributed by atoms with E-state index in [-0.39, 0.29) is 43.8 Å². The second-order valence-electron chi connectivity index (χ2n) is 21.4. The number of allylic oxidation sites excluding steroid dienone is 4. The van der Waals surface area contributed by atoms with Gasteiger partial charge in [0.15, 0.2) is 23.5 Å². The zero-order valence-corrected chi connectivity index (χ0v) is 49.2. The SMILES string of the molecule is C[C@]12C[C@H](O)[C@@]3(F)[C@@H](C[C@H](F)C4=CC(=O)C=C[C@@]43C)C1C[C@@H](OC(O)c1ccc(Oc3ccc(NC(=O)CCOCCOCCOCCOCCOCCOCCOCCOCCOCCOCCOCCOCCN)cc3)cc1)[C@@H]2C(=O)CO. The van der Waals surface area contributed by atoms with Gasteiger partial charge in [0.1, 0.15) is 24.3 Å². The number of hydrogen-bond acceptors (Lipinski definition) is 21. The molecule has 0 saturated heterocycles. The van der Waals surface area contributed by atoms with Crippen molar-refractivity contribution in [3.8, 4) is 11.5 Å². The van der Waals surface area contributed by atoms with Crippen LogP contribution < -0.4 is 15.8 Å². The number of alkyl halides is 2. The molecule has 2 unspecified atom stereocenters. The maximum Gasteiger partial charge on any atom is 0.226 e. The van der Waals surface area contributed by atoms with Crippen molar-refractivity contribution in [1.29, 1.82) is 0 Å². The quantitative estimate of drug-likeness (QED) is 0.0452. The third-order valence-electron chi connectivity index (χ3n) is 15.8. The van der Waals surface area contributed by atoms with E-state index < -0.39 is 77.1 Å². The number of nitrogens with one attached hydrogen (secondary N) is 1. The molecule has 6 N–H and O–H groups in total. The summed E-state index contributed by atoms with van der Waals surface area (Å²) in [5, 5.41) is 35.9. The van der Waals surface area contributed by atoms with Gasteiger partial charge in [0.25, 0.3) is 0 Å². The first-order valence-electron chi connectivity index (χ1n) is 29.5. The Morgan fingerprint density at radius 3 is 1.49 bits per heavy atom. The highest BCUT2D eigenvalue weighted by Gasteiger charge is 2.73. The molecule has 24 heteroatoms. The van der Waals surface area contributed by atoms with Crippen LogP contribution in [0.25, 0.3) is 0 Å². The lowest BCUT2D eigenvalue weighted by Crippen LogP contribution is -2.68. The third-order valence-corrected chi connectivity index (χ3v) is 15.8. The number of ketones is 2. The van der Waals surface area contributed by atoms with Gasteiger partial charge in [-0.25, -0.2) is 8.78 Å². The molecule has 22 nitrogen and oxygen atoms in total. The summed E-state index contributed by atoms with van der Waals surface area (Å²) in [6.07, 6.45) is -2.44. The van der Waals surface area contributed by atoms with Crippen molar-refractivity contribution in [2.45, 2.75) is 69.9 Å². The van der Waals surface area contributed by atoms with Crippen LogP contribution in [0, 0.1) is 28.6 Å². The van der Waals surface area contributed by atoms with Crippen molar-refractivity contribution >= 4 is 23.2 Å². The summed E-state index contributed by atoms with van der Waals surface area (Å²) >= 11 is 0. The van der Waals surface area contributed by atoms with Crippen molar-refractivity contribution in [3.63, 3.8) is 0 Å². The molecule has 2 aromatic carbocycles. The standard InChI is InChI=1S/C61H90F2N2O20/c1-59-42-55(69)61(63)50(40-52(62)51-39-46(67)11-13-60(51,61)2)49(59)41-54(57(59)53(68)43-66)85-58(71)44-3-7-47(8-4-44)84-48-9-5-45(6-10-48)65-56(70)12-15-72-17-19-74-21-23-76-25-27-78-29-31-80-33-35-82-37-38-83-36-34-81-32-30-79-28-26-77-24-22-75-20-18-73-16-14-64/h3-11,13,39,49-50,52,54-55,57-58,66,69,71H,12,14-38,40-43,64H2,1-2H3,(H,65,70)/t49?,50-,52-,54+,55-,57-,58?,59-,60-,61-/m0/s1. The van der Waals surface area contributed by atoms with Crippen LogP contribution in [0.3, 0.4) is 0 Å². The summed E-state index contributed by atoms with van der Waals surface area (Å²) in [5.74, 6) is -3.12. The number of carbonyl (C=O) groups excluding carboxylic acids is 3. The molecule has 85 heavy (non-hydrogen) atoms. The van der Waals surface area contributed by atoms with Gasteiger partial charge in [0.05, 0.1) is 183 Å². The van der Waals surface area contributed by atoms with Gasteiger partial charge in [-0.05, 0) is 91.6 Å². The Morgan fingerprint density at radius 1 is 0.635 bits per heavy atom. The predicted octanol–water partition coefficient (Wildman–Crippen LogP) is 4.45. The number of fused-ring (bicyclic) bond motifs is 5. The number of halogens is 2. The normalized spacial score (nSPS) is 25.5. The lowest BCUT2D eigenvalue weighted by Gasteiger charge is -2.62. The minimum Gasteiger partial charge on any atom is -0.457 e. The zero-order valence-electron chi connectivity index (χ0n) is 49.2. The van der Waals surface area contributed by atoms with E-state index in [1.807, 2.05) is 0 Å². The van der Waals surface area contributed by atoms with Gasteiger partial charge in [0.2, 0.25) is 5.91 Å². The summed E-state index contributed by atoms with van der Waals surface area (Å²) in [4.78, 5) is 38.2. The summed E-state index contributed by atoms with van der Waals surface area (Å²) in [7, 11) is 0. The number of aliphatic hydroxyl groups is 3. The molecule has 1 amide bonds. The fourth-order valence-electron chi connectivity index (χ4n) is 11.7. The number of aliphatic hydroxyl groups excluding tert-OH is 3. The van der Waals surface area contributed by atoms with Crippen molar-refractivity contribution in [1.82, 2.24) is 0 Å². The average molecular weight is 1210 g/mol. The van der Waals surface area contributed by atoms with Gasteiger partial charge in [-0.15, -0.1) is 0 Å². The van der Waals surface area contributed by atoms with Crippen LogP contribution in [0.15, 0.2) is 72.3 Å². The van der Waals surface area contributed by atoms with E-state index in [1.54, 1.807) is 55.5 Å². The second kappa shape index (κ2) is 37.5. The molecule has 0 aromatic heterocycles. The number of anilines is 1. The van der Waals surface area contributed by atoms with Gasteiger partial charge in [-0.2, -0.15) is 0 Å². The molecule has 0 aliphatic heterocycles. The Hall–Kier alpha value is -4.29. The first-order chi connectivity index (χ1) is 41.2. The van der Waals surface area contributed by atoms with E-state index in [0.29, 0.717) is 181 Å². The Bertz CT molecular complexity index is 2320.